The number of rotatable bonds is 4. The smallest absolute Gasteiger partial charge is 0.148 e. The van der Waals surface area contributed by atoms with Crippen LogP contribution >= 0.6 is 11.5 Å². The molecule has 2 heterocycles. The molecule has 2 unspecified atom stereocenters. The summed E-state index contributed by atoms with van der Waals surface area (Å²) in [6.07, 6.45) is 1.35. The van der Waals surface area contributed by atoms with Crippen molar-refractivity contribution >= 4 is 16.5 Å². The monoisotopic (exact) mass is 243 g/mol. The minimum Gasteiger partial charge on any atom is -0.377 e. The predicted molar refractivity (Wildman–Crippen MR) is 63.0 cm³/mol. The Morgan fingerprint density at radius 3 is 3.12 bits per heavy atom. The Labute approximate surface area is 98.9 Å². The van der Waals surface area contributed by atoms with Gasteiger partial charge in [0.2, 0.25) is 0 Å². The summed E-state index contributed by atoms with van der Waals surface area (Å²) in [6, 6.07) is 0.451. The van der Waals surface area contributed by atoms with E-state index in [1.165, 1.54) is 11.5 Å². The highest BCUT2D eigenvalue weighted by Crippen LogP contribution is 2.23. The number of hydrogen-bond acceptors (Lipinski definition) is 7. The first-order chi connectivity index (χ1) is 7.72. The number of nitrogens with two attached hydrogens (primary N) is 1. The molecule has 1 aliphatic rings. The van der Waals surface area contributed by atoms with E-state index in [0.717, 1.165) is 30.3 Å². The second-order valence-electron chi connectivity index (χ2n) is 4.04. The Kier molecular flexibility index (Phi) is 3.70. The first kappa shape index (κ1) is 11.7. The third-order valence-corrected chi connectivity index (χ3v) is 3.69. The topological polar surface area (TPSA) is 76.3 Å². The average Bonchev–Trinajstić information content (AvgIpc) is 2.86. The highest BCUT2D eigenvalue weighted by molar-refractivity contribution is 7.10. The van der Waals surface area contributed by atoms with Gasteiger partial charge in [0.25, 0.3) is 0 Å². The number of nitrogens with one attached hydrogen (secondary N) is 1. The zero-order valence-electron chi connectivity index (χ0n) is 9.51. The molecule has 0 saturated carbocycles. The summed E-state index contributed by atoms with van der Waals surface area (Å²) in [5.41, 5.74) is 3.52. The lowest BCUT2D eigenvalue weighted by molar-refractivity contribution is 0.0811. The van der Waals surface area contributed by atoms with Crippen LogP contribution in [0.3, 0.4) is 0 Å². The predicted octanol–water partition coefficient (Wildman–Crippen LogP) is 0.433. The zero-order valence-corrected chi connectivity index (χ0v) is 10.3. The fraction of sp³-hybridized carbons (Fsp3) is 0.778. The summed E-state index contributed by atoms with van der Waals surface area (Å²) >= 11 is 1.28. The maximum absolute atomic E-state index is 5.55. The molecule has 0 aliphatic carbocycles. The Balaban J connectivity index is 1.98. The van der Waals surface area contributed by atoms with E-state index < -0.39 is 0 Å². The van der Waals surface area contributed by atoms with Crippen molar-refractivity contribution in [2.45, 2.75) is 32.0 Å². The van der Waals surface area contributed by atoms with Gasteiger partial charge in [0.05, 0.1) is 6.10 Å². The molecule has 1 fully saturated rings. The quantitative estimate of drug-likeness (QED) is 0.590. The van der Waals surface area contributed by atoms with Gasteiger partial charge < -0.3 is 10.2 Å². The van der Waals surface area contributed by atoms with E-state index in [9.17, 15) is 0 Å². The van der Waals surface area contributed by atoms with Crippen molar-refractivity contribution in [2.24, 2.45) is 5.84 Å². The Bertz CT molecular complexity index is 344. The molecule has 16 heavy (non-hydrogen) atoms. The number of hydrogen-bond donors (Lipinski definition) is 2. The highest BCUT2D eigenvalue weighted by atomic mass is 32.1. The van der Waals surface area contributed by atoms with E-state index in [1.54, 1.807) is 0 Å². The van der Waals surface area contributed by atoms with E-state index in [-0.39, 0.29) is 6.10 Å². The van der Waals surface area contributed by atoms with Gasteiger partial charge in [0.15, 0.2) is 0 Å². The molecule has 1 aliphatic heterocycles. The number of ether oxygens (including phenoxy) is 1. The van der Waals surface area contributed by atoms with Crippen molar-refractivity contribution in [1.29, 1.82) is 0 Å². The van der Waals surface area contributed by atoms with Crippen LogP contribution in [-0.4, -0.2) is 40.3 Å². The molecule has 0 bridgehead atoms. The fourth-order valence-electron chi connectivity index (χ4n) is 2.07. The second kappa shape index (κ2) is 5.05. The lowest BCUT2D eigenvalue weighted by Gasteiger charge is -2.25. The molecule has 0 spiro atoms. The van der Waals surface area contributed by atoms with Gasteiger partial charge in [0, 0.05) is 30.7 Å². The lowest BCUT2D eigenvalue weighted by Crippen LogP contribution is -2.36. The summed E-state index contributed by atoms with van der Waals surface area (Å²) in [5.74, 6) is 5.39. The van der Waals surface area contributed by atoms with Gasteiger partial charge in [-0.3, -0.25) is 4.90 Å². The highest BCUT2D eigenvalue weighted by Gasteiger charge is 2.28. The van der Waals surface area contributed by atoms with E-state index in [4.69, 9.17) is 10.6 Å². The van der Waals surface area contributed by atoms with Gasteiger partial charge in [-0.2, -0.15) is 0 Å². The van der Waals surface area contributed by atoms with Crippen LogP contribution in [0.25, 0.3) is 0 Å². The standard InChI is InChI=1S/C9H17N5OS/c1-6-8(3-4-15-6)14(2)5-7-9(11-10)16-13-12-7/h6,8,11H,3-5,10H2,1-2H3. The molecule has 1 aromatic heterocycles. The van der Waals surface area contributed by atoms with Crippen LogP contribution in [0.15, 0.2) is 0 Å². The third kappa shape index (κ3) is 2.32. The van der Waals surface area contributed by atoms with Crippen LogP contribution in [0.1, 0.15) is 19.0 Å². The van der Waals surface area contributed by atoms with Gasteiger partial charge in [-0.15, -0.1) is 5.10 Å². The van der Waals surface area contributed by atoms with Crippen LogP contribution in [-0.2, 0) is 11.3 Å². The number of aromatic nitrogens is 2. The minimum atomic E-state index is 0.283. The van der Waals surface area contributed by atoms with Gasteiger partial charge in [-0.05, 0) is 20.4 Å². The molecule has 0 aromatic carbocycles. The molecule has 1 saturated heterocycles. The van der Waals surface area contributed by atoms with Gasteiger partial charge >= 0.3 is 0 Å². The van der Waals surface area contributed by atoms with Crippen molar-refractivity contribution < 1.29 is 4.74 Å². The van der Waals surface area contributed by atoms with Crippen molar-refractivity contribution in [3.8, 4) is 0 Å². The van der Waals surface area contributed by atoms with Crippen molar-refractivity contribution in [1.82, 2.24) is 14.5 Å². The van der Waals surface area contributed by atoms with Gasteiger partial charge in [0.1, 0.15) is 10.7 Å². The van der Waals surface area contributed by atoms with E-state index in [2.05, 4.69) is 33.9 Å². The van der Waals surface area contributed by atoms with Crippen molar-refractivity contribution in [3.05, 3.63) is 5.69 Å². The summed E-state index contributed by atoms with van der Waals surface area (Å²) in [7, 11) is 2.08. The van der Waals surface area contributed by atoms with Crippen LogP contribution in [0.2, 0.25) is 0 Å². The number of nitrogen functional groups attached to an aromatic ring is 1. The van der Waals surface area contributed by atoms with Gasteiger partial charge in [-0.25, -0.2) is 5.84 Å². The summed E-state index contributed by atoms with van der Waals surface area (Å²) in [6.45, 7) is 3.69. The first-order valence-corrected chi connectivity index (χ1v) is 6.09. The molecular weight excluding hydrogens is 226 g/mol. The molecule has 3 N–H and O–H groups in total. The third-order valence-electron chi connectivity index (χ3n) is 2.99. The normalized spacial score (nSPS) is 25.2. The van der Waals surface area contributed by atoms with E-state index in [1.807, 2.05) is 0 Å². The van der Waals surface area contributed by atoms with Crippen molar-refractivity contribution in [3.63, 3.8) is 0 Å². The van der Waals surface area contributed by atoms with Crippen LogP contribution < -0.4 is 11.3 Å². The van der Waals surface area contributed by atoms with Crippen LogP contribution in [0.5, 0.6) is 0 Å². The summed E-state index contributed by atoms with van der Waals surface area (Å²) < 4.78 is 9.43. The summed E-state index contributed by atoms with van der Waals surface area (Å²) in [5, 5.41) is 4.90. The largest absolute Gasteiger partial charge is 0.377 e. The molecule has 6 nitrogen and oxygen atoms in total. The Morgan fingerprint density at radius 2 is 2.50 bits per heavy atom. The Morgan fingerprint density at radius 1 is 1.69 bits per heavy atom. The number of anilines is 1. The van der Waals surface area contributed by atoms with E-state index >= 15 is 0 Å². The number of nitrogens with zero attached hydrogens (tertiary/aromatic N) is 3. The molecule has 0 amide bonds. The molecule has 1 aromatic rings. The van der Waals surface area contributed by atoms with E-state index in [0.29, 0.717) is 6.04 Å². The maximum Gasteiger partial charge on any atom is 0.148 e. The number of hydrazine groups is 1. The number of likely N-dealkylation sites (N-methyl/N-ethyl adjacent to an activating group) is 1. The lowest BCUT2D eigenvalue weighted by atomic mass is 10.1. The van der Waals surface area contributed by atoms with Gasteiger partial charge in [-0.1, -0.05) is 4.49 Å². The SMILES string of the molecule is CC1OCCC1N(C)Cc1nnsc1NN. The Hall–Kier alpha value is -0.760. The molecule has 2 atom stereocenters. The molecule has 2 rings (SSSR count). The second-order valence-corrected chi connectivity index (χ2v) is 4.79. The van der Waals surface area contributed by atoms with Crippen molar-refractivity contribution in [2.75, 3.05) is 19.1 Å². The fourth-order valence-corrected chi connectivity index (χ4v) is 2.56. The minimum absolute atomic E-state index is 0.283. The maximum atomic E-state index is 5.55. The molecule has 7 heteroatoms. The summed E-state index contributed by atoms with van der Waals surface area (Å²) in [4.78, 5) is 2.25. The first-order valence-electron chi connectivity index (χ1n) is 5.32. The zero-order chi connectivity index (χ0) is 11.5. The molecular formula is C9H17N5OS. The molecule has 0 radical (unpaired) electrons. The van der Waals surface area contributed by atoms with Crippen LogP contribution in [0.4, 0.5) is 5.00 Å². The van der Waals surface area contributed by atoms with Crippen LogP contribution in [0, 0.1) is 0 Å². The average molecular weight is 243 g/mol. The molecule has 90 valence electrons.